The average molecular weight is 259 g/mol. The van der Waals surface area contributed by atoms with Crippen LogP contribution in [0.1, 0.15) is 44.0 Å². The van der Waals surface area contributed by atoms with Crippen LogP contribution in [0.3, 0.4) is 0 Å². The van der Waals surface area contributed by atoms with Crippen LogP contribution in [0.25, 0.3) is 11.0 Å². The van der Waals surface area contributed by atoms with Crippen molar-refractivity contribution in [3.63, 3.8) is 0 Å². The lowest BCUT2D eigenvalue weighted by molar-refractivity contribution is 0.241. The summed E-state index contributed by atoms with van der Waals surface area (Å²) >= 11 is 0. The first kappa shape index (κ1) is 11.4. The Labute approximate surface area is 111 Å². The molecule has 1 heterocycles. The molecule has 2 aliphatic carbocycles. The Hall–Kier alpha value is -1.42. The standard InChI is InChI=1S/C15H18FN3/c16-10-2-5-13-12(8-10)18-14(19(13)11-3-4-11)9-15(17)6-1-7-15/h2,5,8,11H,1,3-4,6-7,9,17H2. The molecule has 2 N–H and O–H groups in total. The number of nitrogens with two attached hydrogens (primary N) is 1. The largest absolute Gasteiger partial charge is 0.325 e. The zero-order valence-electron chi connectivity index (χ0n) is 10.9. The minimum atomic E-state index is -0.217. The first-order valence-electron chi connectivity index (χ1n) is 7.10. The molecule has 0 aliphatic heterocycles. The van der Waals surface area contributed by atoms with Gasteiger partial charge in [0.05, 0.1) is 11.0 Å². The maximum absolute atomic E-state index is 13.3. The van der Waals surface area contributed by atoms with Crippen LogP contribution < -0.4 is 5.73 Å². The Morgan fingerprint density at radius 2 is 2.16 bits per heavy atom. The van der Waals surface area contributed by atoms with E-state index in [9.17, 15) is 4.39 Å². The third-order valence-corrected chi connectivity index (χ3v) is 4.50. The molecular weight excluding hydrogens is 241 g/mol. The van der Waals surface area contributed by atoms with E-state index in [2.05, 4.69) is 9.55 Å². The van der Waals surface area contributed by atoms with E-state index in [1.165, 1.54) is 31.4 Å². The maximum Gasteiger partial charge on any atom is 0.125 e. The molecule has 2 fully saturated rings. The zero-order chi connectivity index (χ0) is 13.0. The van der Waals surface area contributed by atoms with Gasteiger partial charge in [-0.1, -0.05) is 0 Å². The molecule has 2 saturated carbocycles. The van der Waals surface area contributed by atoms with Crippen molar-refractivity contribution in [2.24, 2.45) is 5.73 Å². The number of halogens is 1. The summed E-state index contributed by atoms with van der Waals surface area (Å²) in [4.78, 5) is 4.64. The van der Waals surface area contributed by atoms with Gasteiger partial charge in [0, 0.05) is 24.1 Å². The summed E-state index contributed by atoms with van der Waals surface area (Å²) in [6, 6.07) is 5.45. The highest BCUT2D eigenvalue weighted by Crippen LogP contribution is 2.41. The molecule has 3 nitrogen and oxygen atoms in total. The Morgan fingerprint density at radius 3 is 2.79 bits per heavy atom. The highest BCUT2D eigenvalue weighted by molar-refractivity contribution is 5.76. The van der Waals surface area contributed by atoms with Crippen LogP contribution in [0.4, 0.5) is 4.39 Å². The van der Waals surface area contributed by atoms with E-state index in [1.54, 1.807) is 0 Å². The van der Waals surface area contributed by atoms with Crippen molar-refractivity contribution in [1.82, 2.24) is 9.55 Å². The predicted octanol–water partition coefficient (Wildman–Crippen LogP) is 2.93. The summed E-state index contributed by atoms with van der Waals surface area (Å²) in [6.07, 6.45) is 6.60. The van der Waals surface area contributed by atoms with Crippen LogP contribution in [0.15, 0.2) is 18.2 Å². The molecule has 2 aromatic rings. The Bertz CT molecular complexity index is 638. The van der Waals surface area contributed by atoms with E-state index in [0.717, 1.165) is 36.1 Å². The van der Waals surface area contributed by atoms with Gasteiger partial charge in [0.1, 0.15) is 11.6 Å². The van der Waals surface area contributed by atoms with Crippen LogP contribution in [0.2, 0.25) is 0 Å². The summed E-state index contributed by atoms with van der Waals surface area (Å²) in [7, 11) is 0. The van der Waals surface area contributed by atoms with Crippen LogP contribution in [0.5, 0.6) is 0 Å². The van der Waals surface area contributed by atoms with Crippen molar-refractivity contribution in [3.8, 4) is 0 Å². The second kappa shape index (κ2) is 3.79. The van der Waals surface area contributed by atoms with Gasteiger partial charge in [0.15, 0.2) is 0 Å². The summed E-state index contributed by atoms with van der Waals surface area (Å²) in [5.74, 6) is 0.830. The fourth-order valence-electron chi connectivity index (χ4n) is 3.11. The molecule has 2 aliphatic rings. The minimum absolute atomic E-state index is 0.0768. The van der Waals surface area contributed by atoms with Crippen molar-refractivity contribution in [2.75, 3.05) is 0 Å². The van der Waals surface area contributed by atoms with Crippen molar-refractivity contribution >= 4 is 11.0 Å². The van der Waals surface area contributed by atoms with Gasteiger partial charge in [-0.15, -0.1) is 0 Å². The number of rotatable bonds is 3. The van der Waals surface area contributed by atoms with Gasteiger partial charge in [-0.25, -0.2) is 9.37 Å². The first-order valence-corrected chi connectivity index (χ1v) is 7.10. The van der Waals surface area contributed by atoms with Gasteiger partial charge in [-0.3, -0.25) is 0 Å². The van der Waals surface area contributed by atoms with E-state index in [0.29, 0.717) is 6.04 Å². The zero-order valence-corrected chi connectivity index (χ0v) is 10.9. The molecule has 0 atom stereocenters. The quantitative estimate of drug-likeness (QED) is 0.921. The van der Waals surface area contributed by atoms with Crippen LogP contribution in [-0.4, -0.2) is 15.1 Å². The Morgan fingerprint density at radius 1 is 1.37 bits per heavy atom. The van der Waals surface area contributed by atoms with E-state index in [1.807, 2.05) is 6.07 Å². The second-order valence-corrected chi connectivity index (χ2v) is 6.15. The van der Waals surface area contributed by atoms with Gasteiger partial charge < -0.3 is 10.3 Å². The van der Waals surface area contributed by atoms with E-state index < -0.39 is 0 Å². The van der Waals surface area contributed by atoms with Gasteiger partial charge in [-0.2, -0.15) is 0 Å². The van der Waals surface area contributed by atoms with Crippen LogP contribution >= 0.6 is 0 Å². The SMILES string of the molecule is NC1(Cc2nc3cc(F)ccc3n2C2CC2)CCC1. The average Bonchev–Trinajstić information content (AvgIpc) is 3.10. The summed E-state index contributed by atoms with van der Waals surface area (Å²) < 4.78 is 15.6. The third-order valence-electron chi connectivity index (χ3n) is 4.50. The number of hydrogen-bond donors (Lipinski definition) is 1. The molecule has 0 radical (unpaired) electrons. The monoisotopic (exact) mass is 259 g/mol. The lowest BCUT2D eigenvalue weighted by Crippen LogP contribution is -2.48. The number of hydrogen-bond acceptors (Lipinski definition) is 2. The summed E-state index contributed by atoms with van der Waals surface area (Å²) in [6.45, 7) is 0. The number of nitrogens with zero attached hydrogens (tertiary/aromatic N) is 2. The fourth-order valence-corrected chi connectivity index (χ4v) is 3.11. The molecule has 100 valence electrons. The van der Waals surface area contributed by atoms with Crippen molar-refractivity contribution in [3.05, 3.63) is 29.8 Å². The lowest BCUT2D eigenvalue weighted by atomic mass is 9.75. The smallest absolute Gasteiger partial charge is 0.125 e. The lowest BCUT2D eigenvalue weighted by Gasteiger charge is -2.37. The highest BCUT2D eigenvalue weighted by atomic mass is 19.1. The molecule has 4 rings (SSSR count). The number of benzene rings is 1. The molecule has 4 heteroatoms. The second-order valence-electron chi connectivity index (χ2n) is 6.15. The van der Waals surface area contributed by atoms with Gasteiger partial charge >= 0.3 is 0 Å². The number of imidazole rings is 1. The molecule has 1 aromatic heterocycles. The van der Waals surface area contributed by atoms with E-state index in [4.69, 9.17) is 5.73 Å². The minimum Gasteiger partial charge on any atom is -0.325 e. The van der Waals surface area contributed by atoms with Crippen LogP contribution in [0, 0.1) is 5.82 Å². The maximum atomic E-state index is 13.3. The van der Waals surface area contributed by atoms with Gasteiger partial charge in [-0.05, 0) is 44.2 Å². The Balaban J connectivity index is 1.81. The van der Waals surface area contributed by atoms with E-state index >= 15 is 0 Å². The number of fused-ring (bicyclic) bond motifs is 1. The predicted molar refractivity (Wildman–Crippen MR) is 72.4 cm³/mol. The van der Waals surface area contributed by atoms with E-state index in [-0.39, 0.29) is 11.4 Å². The fraction of sp³-hybridized carbons (Fsp3) is 0.533. The molecule has 1 aromatic carbocycles. The highest BCUT2D eigenvalue weighted by Gasteiger charge is 2.36. The third kappa shape index (κ3) is 1.86. The normalized spacial score (nSPS) is 21.6. The molecule has 0 saturated heterocycles. The topological polar surface area (TPSA) is 43.8 Å². The molecule has 0 spiro atoms. The number of aromatic nitrogens is 2. The van der Waals surface area contributed by atoms with Crippen molar-refractivity contribution in [1.29, 1.82) is 0 Å². The van der Waals surface area contributed by atoms with Crippen molar-refractivity contribution < 1.29 is 4.39 Å². The summed E-state index contributed by atoms with van der Waals surface area (Å²) in [5.41, 5.74) is 8.10. The molecular formula is C15H18FN3. The van der Waals surface area contributed by atoms with Crippen LogP contribution in [-0.2, 0) is 6.42 Å². The molecule has 19 heavy (non-hydrogen) atoms. The summed E-state index contributed by atoms with van der Waals surface area (Å²) in [5, 5.41) is 0. The molecule has 0 bridgehead atoms. The van der Waals surface area contributed by atoms with Crippen molar-refractivity contribution in [2.45, 2.75) is 50.1 Å². The molecule has 0 unspecified atom stereocenters. The van der Waals surface area contributed by atoms with Gasteiger partial charge in [0.25, 0.3) is 0 Å². The van der Waals surface area contributed by atoms with Gasteiger partial charge in [0.2, 0.25) is 0 Å². The molecule has 0 amide bonds. The first-order chi connectivity index (χ1) is 9.15. The Kier molecular flexibility index (Phi) is 2.28.